The van der Waals surface area contributed by atoms with Crippen LogP contribution in [0.1, 0.15) is 45.7 Å². The summed E-state index contributed by atoms with van der Waals surface area (Å²) >= 11 is 3.49. The summed E-state index contributed by atoms with van der Waals surface area (Å²) in [5.74, 6) is 0.618. The van der Waals surface area contributed by atoms with E-state index >= 15 is 0 Å². The zero-order valence-electron chi connectivity index (χ0n) is 12.7. The molecule has 0 aliphatic rings. The van der Waals surface area contributed by atoms with Crippen LogP contribution >= 0.6 is 15.9 Å². The van der Waals surface area contributed by atoms with Crippen LogP contribution in [0.25, 0.3) is 0 Å². The van der Waals surface area contributed by atoms with Gasteiger partial charge < -0.3 is 5.73 Å². The molecule has 3 unspecified atom stereocenters. The molecule has 108 valence electrons. The fraction of sp³-hybridized carbons (Fsp3) is 0.625. The predicted octanol–water partition coefficient (Wildman–Crippen LogP) is 4.20. The molecular weight excluding hydrogens is 300 g/mol. The first kappa shape index (κ1) is 16.7. The Morgan fingerprint density at radius 2 is 1.68 bits per heavy atom. The molecular formula is C16H27BrN2. The molecule has 0 amide bonds. The number of hydrogen-bond donors (Lipinski definition) is 1. The standard InChI is InChI=1S/C16H27BrN2/c1-6-15(18)16(19(5)12(4)11(2)3)13-7-9-14(17)10-8-13/h7-12,15-16H,6,18H2,1-5H3. The number of nitrogens with zero attached hydrogens (tertiary/aromatic N) is 1. The zero-order chi connectivity index (χ0) is 14.6. The van der Waals surface area contributed by atoms with Crippen molar-refractivity contribution in [1.82, 2.24) is 4.90 Å². The van der Waals surface area contributed by atoms with Crippen LogP contribution in [0.15, 0.2) is 28.7 Å². The van der Waals surface area contributed by atoms with Crippen LogP contribution in [-0.4, -0.2) is 24.0 Å². The number of benzene rings is 1. The van der Waals surface area contributed by atoms with Crippen molar-refractivity contribution < 1.29 is 0 Å². The highest BCUT2D eigenvalue weighted by molar-refractivity contribution is 9.10. The molecule has 1 aromatic carbocycles. The molecule has 2 nitrogen and oxygen atoms in total. The Balaban J connectivity index is 3.04. The Kier molecular flexibility index (Phi) is 6.51. The van der Waals surface area contributed by atoms with Crippen LogP contribution in [0.4, 0.5) is 0 Å². The van der Waals surface area contributed by atoms with Gasteiger partial charge in [0.15, 0.2) is 0 Å². The number of nitrogens with two attached hydrogens (primary N) is 1. The molecule has 0 fully saturated rings. The minimum atomic E-state index is 0.160. The number of hydrogen-bond acceptors (Lipinski definition) is 2. The number of likely N-dealkylation sites (N-methyl/N-ethyl adjacent to an activating group) is 1. The van der Waals surface area contributed by atoms with E-state index in [1.54, 1.807) is 0 Å². The topological polar surface area (TPSA) is 29.3 Å². The minimum absolute atomic E-state index is 0.160. The van der Waals surface area contributed by atoms with Crippen LogP contribution in [0, 0.1) is 5.92 Å². The van der Waals surface area contributed by atoms with E-state index in [2.05, 4.69) is 79.8 Å². The normalized spacial score (nSPS) is 16.7. The fourth-order valence-corrected chi connectivity index (χ4v) is 2.66. The molecule has 0 bridgehead atoms. The molecule has 0 saturated heterocycles. The molecule has 0 aliphatic carbocycles. The van der Waals surface area contributed by atoms with E-state index in [9.17, 15) is 0 Å². The van der Waals surface area contributed by atoms with Gasteiger partial charge in [0.25, 0.3) is 0 Å². The van der Waals surface area contributed by atoms with Gasteiger partial charge >= 0.3 is 0 Å². The Morgan fingerprint density at radius 3 is 2.11 bits per heavy atom. The smallest absolute Gasteiger partial charge is 0.0498 e. The maximum absolute atomic E-state index is 6.37. The summed E-state index contributed by atoms with van der Waals surface area (Å²) in [5, 5.41) is 0. The quantitative estimate of drug-likeness (QED) is 0.848. The summed E-state index contributed by atoms with van der Waals surface area (Å²) in [6.07, 6.45) is 0.982. The first-order valence-corrected chi connectivity index (χ1v) is 7.90. The summed E-state index contributed by atoms with van der Waals surface area (Å²) in [4.78, 5) is 2.42. The lowest BCUT2D eigenvalue weighted by Crippen LogP contribution is -2.44. The van der Waals surface area contributed by atoms with E-state index in [4.69, 9.17) is 5.73 Å². The predicted molar refractivity (Wildman–Crippen MR) is 87.2 cm³/mol. The maximum Gasteiger partial charge on any atom is 0.0498 e. The first-order chi connectivity index (χ1) is 8.88. The Morgan fingerprint density at radius 1 is 1.16 bits per heavy atom. The monoisotopic (exact) mass is 326 g/mol. The summed E-state index contributed by atoms with van der Waals surface area (Å²) < 4.78 is 1.11. The second kappa shape index (κ2) is 7.41. The van der Waals surface area contributed by atoms with Gasteiger partial charge in [-0.3, -0.25) is 4.90 Å². The Labute approximate surface area is 126 Å². The summed E-state index contributed by atoms with van der Waals surface area (Å²) in [6.45, 7) is 8.96. The van der Waals surface area contributed by atoms with Gasteiger partial charge in [0.1, 0.15) is 0 Å². The minimum Gasteiger partial charge on any atom is -0.326 e. The van der Waals surface area contributed by atoms with E-state index < -0.39 is 0 Å². The van der Waals surface area contributed by atoms with Crippen LogP contribution in [0.2, 0.25) is 0 Å². The van der Waals surface area contributed by atoms with Crippen molar-refractivity contribution in [1.29, 1.82) is 0 Å². The molecule has 0 spiro atoms. The average Bonchev–Trinajstić information content (AvgIpc) is 2.39. The highest BCUT2D eigenvalue weighted by atomic mass is 79.9. The molecule has 2 N–H and O–H groups in total. The third-order valence-corrected chi connectivity index (χ3v) is 4.66. The van der Waals surface area contributed by atoms with Gasteiger partial charge in [-0.25, -0.2) is 0 Å². The zero-order valence-corrected chi connectivity index (χ0v) is 14.3. The van der Waals surface area contributed by atoms with Gasteiger partial charge in [-0.15, -0.1) is 0 Å². The molecule has 3 heteroatoms. The van der Waals surface area contributed by atoms with Crippen molar-refractivity contribution in [3.63, 3.8) is 0 Å². The first-order valence-electron chi connectivity index (χ1n) is 7.11. The molecule has 0 radical (unpaired) electrons. The lowest BCUT2D eigenvalue weighted by molar-refractivity contribution is 0.127. The van der Waals surface area contributed by atoms with E-state index in [-0.39, 0.29) is 12.1 Å². The molecule has 1 aromatic rings. The van der Waals surface area contributed by atoms with Gasteiger partial charge in [-0.1, -0.05) is 48.8 Å². The van der Waals surface area contributed by atoms with E-state index in [0.29, 0.717) is 12.0 Å². The van der Waals surface area contributed by atoms with Crippen molar-refractivity contribution in [2.24, 2.45) is 11.7 Å². The SMILES string of the molecule is CCC(N)C(c1ccc(Br)cc1)N(C)C(C)C(C)C. The molecule has 19 heavy (non-hydrogen) atoms. The van der Waals surface area contributed by atoms with Gasteiger partial charge in [0.05, 0.1) is 0 Å². The van der Waals surface area contributed by atoms with Crippen molar-refractivity contribution in [2.45, 2.75) is 52.2 Å². The van der Waals surface area contributed by atoms with Crippen molar-refractivity contribution in [2.75, 3.05) is 7.05 Å². The highest BCUT2D eigenvalue weighted by Gasteiger charge is 2.27. The van der Waals surface area contributed by atoms with Gasteiger partial charge in [0.2, 0.25) is 0 Å². The van der Waals surface area contributed by atoms with Gasteiger partial charge in [-0.2, -0.15) is 0 Å². The lowest BCUT2D eigenvalue weighted by atomic mass is 9.93. The van der Waals surface area contributed by atoms with Crippen LogP contribution < -0.4 is 5.73 Å². The maximum atomic E-state index is 6.37. The van der Waals surface area contributed by atoms with Crippen LogP contribution in [-0.2, 0) is 0 Å². The second-order valence-electron chi connectivity index (χ2n) is 5.72. The lowest BCUT2D eigenvalue weighted by Gasteiger charge is -2.38. The van der Waals surface area contributed by atoms with E-state index in [1.165, 1.54) is 5.56 Å². The van der Waals surface area contributed by atoms with Gasteiger partial charge in [0, 0.05) is 22.6 Å². The Bertz CT molecular complexity index is 375. The Hall–Kier alpha value is -0.380. The molecule has 0 aromatic heterocycles. The molecule has 1 rings (SSSR count). The largest absolute Gasteiger partial charge is 0.326 e. The number of rotatable bonds is 6. The molecule has 3 atom stereocenters. The van der Waals surface area contributed by atoms with E-state index in [1.807, 2.05) is 0 Å². The molecule has 0 saturated carbocycles. The molecule has 0 aliphatic heterocycles. The van der Waals surface area contributed by atoms with Crippen LogP contribution in [0.5, 0.6) is 0 Å². The second-order valence-corrected chi connectivity index (χ2v) is 6.63. The third-order valence-electron chi connectivity index (χ3n) is 4.13. The highest BCUT2D eigenvalue weighted by Crippen LogP contribution is 2.28. The van der Waals surface area contributed by atoms with Crippen LogP contribution in [0.3, 0.4) is 0 Å². The van der Waals surface area contributed by atoms with Crippen molar-refractivity contribution >= 4 is 15.9 Å². The fourth-order valence-electron chi connectivity index (χ4n) is 2.39. The van der Waals surface area contributed by atoms with Crippen molar-refractivity contribution in [3.05, 3.63) is 34.3 Å². The molecule has 0 heterocycles. The summed E-state index contributed by atoms with van der Waals surface area (Å²) in [5.41, 5.74) is 7.67. The third kappa shape index (κ3) is 4.30. The number of halogens is 1. The summed E-state index contributed by atoms with van der Waals surface area (Å²) in [6, 6.07) is 9.48. The van der Waals surface area contributed by atoms with Gasteiger partial charge in [-0.05, 0) is 44.0 Å². The van der Waals surface area contributed by atoms with Crippen molar-refractivity contribution in [3.8, 4) is 0 Å². The van der Waals surface area contributed by atoms with E-state index in [0.717, 1.165) is 10.9 Å². The average molecular weight is 327 g/mol. The summed E-state index contributed by atoms with van der Waals surface area (Å²) in [7, 11) is 2.19.